The molecule has 1 atom stereocenters. The number of ether oxygens (including phenoxy) is 1. The molecule has 0 spiro atoms. The number of amides is 1. The molecule has 8 heteroatoms. The van der Waals surface area contributed by atoms with Crippen LogP contribution in [0.2, 0.25) is 0 Å². The maximum absolute atomic E-state index is 11.6. The summed E-state index contributed by atoms with van der Waals surface area (Å²) < 4.78 is 4.83. The summed E-state index contributed by atoms with van der Waals surface area (Å²) >= 11 is 1.10. The lowest BCUT2D eigenvalue weighted by atomic mass is 10.3. The molecule has 0 radical (unpaired) electrons. The van der Waals surface area contributed by atoms with Crippen molar-refractivity contribution >= 4 is 22.2 Å². The zero-order chi connectivity index (χ0) is 14.3. The molecule has 0 bridgehead atoms. The van der Waals surface area contributed by atoms with Gasteiger partial charge in [0, 0.05) is 31.1 Å². The summed E-state index contributed by atoms with van der Waals surface area (Å²) in [6.45, 7) is 3.10. The first-order valence-electron chi connectivity index (χ1n) is 5.77. The number of nitro groups is 1. The van der Waals surface area contributed by atoms with Gasteiger partial charge >= 0.3 is 5.00 Å². The van der Waals surface area contributed by atoms with Crippen molar-refractivity contribution in [2.24, 2.45) is 0 Å². The predicted molar refractivity (Wildman–Crippen MR) is 72.2 cm³/mol. The fraction of sp³-hybridized carbons (Fsp3) is 0.545. The number of nitrogens with one attached hydrogen (secondary N) is 2. The topological polar surface area (TPSA) is 93.5 Å². The minimum Gasteiger partial charge on any atom is -0.383 e. The number of hydrogen-bond donors (Lipinski definition) is 2. The highest BCUT2D eigenvalue weighted by molar-refractivity contribution is 7.15. The number of carbonyl (C=O) groups is 1. The molecule has 19 heavy (non-hydrogen) atoms. The highest BCUT2D eigenvalue weighted by atomic mass is 32.1. The van der Waals surface area contributed by atoms with Gasteiger partial charge in [-0.15, -0.1) is 0 Å². The Bertz CT molecular complexity index is 435. The van der Waals surface area contributed by atoms with Gasteiger partial charge < -0.3 is 15.4 Å². The first-order chi connectivity index (χ1) is 9.04. The lowest BCUT2D eigenvalue weighted by Gasteiger charge is -2.13. The Morgan fingerprint density at radius 2 is 2.32 bits per heavy atom. The van der Waals surface area contributed by atoms with Crippen molar-refractivity contribution in [2.75, 3.05) is 20.3 Å². The predicted octanol–water partition coefficient (Wildman–Crippen LogP) is 0.897. The zero-order valence-corrected chi connectivity index (χ0v) is 11.7. The molecule has 1 rings (SSSR count). The molecule has 0 aromatic carbocycles. The van der Waals surface area contributed by atoms with E-state index in [0.717, 1.165) is 16.2 Å². The molecule has 0 fully saturated rings. The molecule has 1 aromatic heterocycles. The second-order valence-corrected chi connectivity index (χ2v) is 5.03. The molecular weight excluding hydrogens is 270 g/mol. The van der Waals surface area contributed by atoms with Gasteiger partial charge in [0.1, 0.15) is 0 Å². The second-order valence-electron chi connectivity index (χ2n) is 3.88. The largest absolute Gasteiger partial charge is 0.383 e. The average molecular weight is 287 g/mol. The van der Waals surface area contributed by atoms with Crippen molar-refractivity contribution in [3.05, 3.63) is 27.1 Å². The summed E-state index contributed by atoms with van der Waals surface area (Å²) in [5.74, 6) is -0.122. The SMILES string of the molecule is COCCNC(=O)C(C)NCc1ccc([N+](=O)[O-])s1. The number of thiophene rings is 1. The van der Waals surface area contributed by atoms with Gasteiger partial charge in [-0.3, -0.25) is 14.9 Å². The van der Waals surface area contributed by atoms with Crippen molar-refractivity contribution in [3.63, 3.8) is 0 Å². The molecule has 0 aliphatic carbocycles. The lowest BCUT2D eigenvalue weighted by molar-refractivity contribution is -0.380. The fourth-order valence-electron chi connectivity index (χ4n) is 1.34. The number of hydrogen-bond acceptors (Lipinski definition) is 6. The summed E-state index contributed by atoms with van der Waals surface area (Å²) in [5, 5.41) is 16.4. The number of rotatable bonds is 8. The van der Waals surface area contributed by atoms with Crippen molar-refractivity contribution < 1.29 is 14.5 Å². The van der Waals surface area contributed by atoms with Gasteiger partial charge in [-0.25, -0.2) is 0 Å². The smallest absolute Gasteiger partial charge is 0.324 e. The summed E-state index contributed by atoms with van der Waals surface area (Å²) in [6.07, 6.45) is 0. The van der Waals surface area contributed by atoms with Crippen LogP contribution in [0.15, 0.2) is 12.1 Å². The first kappa shape index (κ1) is 15.5. The lowest BCUT2D eigenvalue weighted by Crippen LogP contribution is -2.42. The van der Waals surface area contributed by atoms with E-state index in [1.807, 2.05) is 0 Å². The minimum atomic E-state index is -0.422. The van der Waals surface area contributed by atoms with E-state index in [2.05, 4.69) is 10.6 Å². The van der Waals surface area contributed by atoms with E-state index >= 15 is 0 Å². The summed E-state index contributed by atoms with van der Waals surface area (Å²) in [7, 11) is 1.57. The van der Waals surface area contributed by atoms with Crippen LogP contribution in [0.5, 0.6) is 0 Å². The van der Waals surface area contributed by atoms with Crippen LogP contribution in [0.3, 0.4) is 0 Å². The van der Waals surface area contributed by atoms with Crippen LogP contribution >= 0.6 is 11.3 Å². The van der Waals surface area contributed by atoms with Crippen LogP contribution in [0.4, 0.5) is 5.00 Å². The molecule has 0 aliphatic heterocycles. The molecule has 1 aromatic rings. The third-order valence-electron chi connectivity index (χ3n) is 2.41. The monoisotopic (exact) mass is 287 g/mol. The van der Waals surface area contributed by atoms with E-state index in [-0.39, 0.29) is 17.0 Å². The van der Waals surface area contributed by atoms with Crippen molar-refractivity contribution in [1.29, 1.82) is 0 Å². The number of nitrogens with zero attached hydrogens (tertiary/aromatic N) is 1. The molecular formula is C11H17N3O4S. The van der Waals surface area contributed by atoms with Crippen LogP contribution in [-0.2, 0) is 16.1 Å². The quantitative estimate of drug-likeness (QED) is 0.421. The van der Waals surface area contributed by atoms with Crippen molar-refractivity contribution in [3.8, 4) is 0 Å². The van der Waals surface area contributed by atoms with Crippen LogP contribution in [-0.4, -0.2) is 37.1 Å². The number of carbonyl (C=O) groups excluding carboxylic acids is 1. The molecule has 7 nitrogen and oxygen atoms in total. The average Bonchev–Trinajstić information content (AvgIpc) is 2.85. The van der Waals surface area contributed by atoms with E-state index in [1.54, 1.807) is 20.1 Å². The second kappa shape index (κ2) is 7.82. The van der Waals surface area contributed by atoms with E-state index in [9.17, 15) is 14.9 Å². The van der Waals surface area contributed by atoms with Crippen molar-refractivity contribution in [1.82, 2.24) is 10.6 Å². The molecule has 0 aliphatic rings. The minimum absolute atomic E-state index is 0.106. The highest BCUT2D eigenvalue weighted by Gasteiger charge is 2.13. The summed E-state index contributed by atoms with van der Waals surface area (Å²) in [4.78, 5) is 22.5. The van der Waals surface area contributed by atoms with Gasteiger partial charge in [0.15, 0.2) is 0 Å². The Balaban J connectivity index is 2.34. The van der Waals surface area contributed by atoms with E-state index < -0.39 is 4.92 Å². The molecule has 0 saturated carbocycles. The molecule has 2 N–H and O–H groups in total. The van der Waals surface area contributed by atoms with Crippen LogP contribution in [0, 0.1) is 10.1 Å². The Morgan fingerprint density at radius 1 is 1.58 bits per heavy atom. The van der Waals surface area contributed by atoms with E-state index in [4.69, 9.17) is 4.74 Å². The van der Waals surface area contributed by atoms with Gasteiger partial charge in [0.25, 0.3) is 0 Å². The van der Waals surface area contributed by atoms with Crippen molar-refractivity contribution in [2.45, 2.75) is 19.5 Å². The van der Waals surface area contributed by atoms with Crippen LogP contribution in [0.1, 0.15) is 11.8 Å². The highest BCUT2D eigenvalue weighted by Crippen LogP contribution is 2.23. The fourth-order valence-corrected chi connectivity index (χ4v) is 2.11. The van der Waals surface area contributed by atoms with Gasteiger partial charge in [-0.05, 0) is 13.0 Å². The van der Waals surface area contributed by atoms with Crippen LogP contribution in [0.25, 0.3) is 0 Å². The Hall–Kier alpha value is -1.51. The third-order valence-corrected chi connectivity index (χ3v) is 3.45. The van der Waals surface area contributed by atoms with E-state index in [0.29, 0.717) is 19.7 Å². The summed E-state index contributed by atoms with van der Waals surface area (Å²) in [5.41, 5.74) is 0. The molecule has 1 heterocycles. The van der Waals surface area contributed by atoms with E-state index in [1.165, 1.54) is 6.07 Å². The molecule has 1 unspecified atom stereocenters. The molecule has 0 saturated heterocycles. The van der Waals surface area contributed by atoms with Gasteiger partial charge in [-0.1, -0.05) is 11.3 Å². The first-order valence-corrected chi connectivity index (χ1v) is 6.59. The zero-order valence-electron chi connectivity index (χ0n) is 10.8. The maximum atomic E-state index is 11.6. The third kappa shape index (κ3) is 5.33. The Kier molecular flexibility index (Phi) is 6.40. The Labute approximate surface area is 115 Å². The standard InChI is InChI=1S/C11H17N3O4S/c1-8(11(15)12-5-6-18-2)13-7-9-3-4-10(19-9)14(16)17/h3-4,8,13H,5-7H2,1-2H3,(H,12,15). The van der Waals surface area contributed by atoms with Gasteiger partial charge in [0.2, 0.25) is 5.91 Å². The Morgan fingerprint density at radius 3 is 2.89 bits per heavy atom. The van der Waals surface area contributed by atoms with Gasteiger partial charge in [0.05, 0.1) is 17.6 Å². The summed E-state index contributed by atoms with van der Waals surface area (Å²) in [6, 6.07) is 2.79. The molecule has 106 valence electrons. The maximum Gasteiger partial charge on any atom is 0.324 e. The number of methoxy groups -OCH3 is 1. The van der Waals surface area contributed by atoms with Gasteiger partial charge in [-0.2, -0.15) is 0 Å². The normalized spacial score (nSPS) is 12.1. The molecule has 1 amide bonds. The van der Waals surface area contributed by atoms with Crippen LogP contribution < -0.4 is 10.6 Å².